The minimum absolute atomic E-state index is 0.0354. The van der Waals surface area contributed by atoms with E-state index in [-0.39, 0.29) is 17.6 Å². The van der Waals surface area contributed by atoms with Crippen LogP contribution in [0.1, 0.15) is 46.1 Å². The third-order valence-corrected chi connectivity index (χ3v) is 3.72. The molecular formula is C17H26O3. The molecule has 0 bridgehead atoms. The molecule has 2 rings (SSSR count). The molecule has 0 saturated heterocycles. The summed E-state index contributed by atoms with van der Waals surface area (Å²) in [7, 11) is 0. The molecule has 0 aromatic heterocycles. The highest BCUT2D eigenvalue weighted by Gasteiger charge is 2.42. The van der Waals surface area contributed by atoms with Crippen LogP contribution < -0.4 is 4.74 Å². The van der Waals surface area contributed by atoms with Crippen molar-refractivity contribution < 1.29 is 14.6 Å². The first-order chi connectivity index (χ1) is 9.41. The highest BCUT2D eigenvalue weighted by atomic mass is 16.6. The van der Waals surface area contributed by atoms with E-state index in [2.05, 4.69) is 39.8 Å². The van der Waals surface area contributed by atoms with Crippen LogP contribution in [-0.2, 0) is 10.2 Å². The van der Waals surface area contributed by atoms with Gasteiger partial charge in [0.15, 0.2) is 0 Å². The smallest absolute Gasteiger partial charge is 0.130 e. The van der Waals surface area contributed by atoms with E-state index in [1.165, 1.54) is 5.56 Å². The molecular weight excluding hydrogens is 252 g/mol. The molecule has 3 heteroatoms. The van der Waals surface area contributed by atoms with E-state index in [9.17, 15) is 5.11 Å². The molecule has 1 saturated carbocycles. The second-order valence-electron chi connectivity index (χ2n) is 6.57. The van der Waals surface area contributed by atoms with Gasteiger partial charge < -0.3 is 14.6 Å². The lowest BCUT2D eigenvalue weighted by Crippen LogP contribution is -2.55. The van der Waals surface area contributed by atoms with Crippen molar-refractivity contribution in [3.8, 4) is 5.75 Å². The zero-order valence-electron chi connectivity index (χ0n) is 12.9. The lowest BCUT2D eigenvalue weighted by molar-refractivity contribution is -0.162. The predicted octanol–water partition coefficient (Wildman–Crippen LogP) is 3.29. The fourth-order valence-electron chi connectivity index (χ4n) is 2.36. The summed E-state index contributed by atoms with van der Waals surface area (Å²) < 4.78 is 11.6. The Kier molecular flexibility index (Phi) is 4.71. The van der Waals surface area contributed by atoms with Crippen LogP contribution in [0.2, 0.25) is 0 Å². The van der Waals surface area contributed by atoms with Gasteiger partial charge >= 0.3 is 0 Å². The van der Waals surface area contributed by atoms with Gasteiger partial charge in [-0.05, 0) is 29.5 Å². The molecule has 3 atom stereocenters. The highest BCUT2D eigenvalue weighted by molar-refractivity contribution is 5.33. The van der Waals surface area contributed by atoms with Crippen LogP contribution in [-0.4, -0.2) is 30.0 Å². The number of benzene rings is 1. The van der Waals surface area contributed by atoms with Gasteiger partial charge in [-0.3, -0.25) is 0 Å². The van der Waals surface area contributed by atoms with Gasteiger partial charge in [-0.1, -0.05) is 39.8 Å². The van der Waals surface area contributed by atoms with Crippen LogP contribution >= 0.6 is 0 Å². The molecule has 0 spiro atoms. The van der Waals surface area contributed by atoms with Gasteiger partial charge in [0.2, 0.25) is 0 Å². The molecule has 0 heterocycles. The van der Waals surface area contributed by atoms with Crippen molar-refractivity contribution in [2.24, 2.45) is 0 Å². The molecule has 1 aromatic carbocycles. The van der Waals surface area contributed by atoms with E-state index in [4.69, 9.17) is 9.47 Å². The number of hydrogen-bond donors (Lipinski definition) is 1. The fourth-order valence-corrected chi connectivity index (χ4v) is 2.36. The van der Waals surface area contributed by atoms with Crippen LogP contribution in [0.25, 0.3) is 0 Å². The maximum Gasteiger partial charge on any atom is 0.130 e. The van der Waals surface area contributed by atoms with Gasteiger partial charge in [0, 0.05) is 13.0 Å². The first kappa shape index (κ1) is 15.3. The molecule has 0 amide bonds. The fraction of sp³-hybridized carbons (Fsp3) is 0.647. The third-order valence-electron chi connectivity index (χ3n) is 3.72. The molecule has 1 aliphatic carbocycles. The van der Waals surface area contributed by atoms with Gasteiger partial charge in [-0.15, -0.1) is 0 Å². The molecule has 3 unspecified atom stereocenters. The molecule has 3 nitrogen and oxygen atoms in total. The van der Waals surface area contributed by atoms with Crippen LogP contribution in [0.15, 0.2) is 24.3 Å². The average molecular weight is 278 g/mol. The normalized spacial score (nSPS) is 26.1. The minimum atomic E-state index is -0.391. The van der Waals surface area contributed by atoms with E-state index in [0.29, 0.717) is 13.0 Å². The molecule has 1 N–H and O–H groups in total. The first-order valence-corrected chi connectivity index (χ1v) is 7.48. The summed E-state index contributed by atoms with van der Waals surface area (Å²) >= 11 is 0. The largest absolute Gasteiger partial charge is 0.488 e. The van der Waals surface area contributed by atoms with E-state index >= 15 is 0 Å². The summed E-state index contributed by atoms with van der Waals surface area (Å²) in [6.45, 7) is 9.29. The number of ether oxygens (including phenoxy) is 2. The van der Waals surface area contributed by atoms with Crippen LogP contribution in [0.4, 0.5) is 0 Å². The van der Waals surface area contributed by atoms with Crippen LogP contribution in [0.3, 0.4) is 0 Å². The molecule has 0 radical (unpaired) electrons. The zero-order chi connectivity index (χ0) is 14.8. The van der Waals surface area contributed by atoms with Gasteiger partial charge in [-0.2, -0.15) is 0 Å². The summed E-state index contributed by atoms with van der Waals surface area (Å²) in [5.41, 5.74) is 1.36. The second kappa shape index (κ2) is 6.15. The molecule has 1 aromatic rings. The van der Waals surface area contributed by atoms with E-state index in [1.54, 1.807) is 0 Å². The van der Waals surface area contributed by atoms with Crippen molar-refractivity contribution >= 4 is 0 Å². The maximum atomic E-state index is 9.76. The van der Waals surface area contributed by atoms with Crippen molar-refractivity contribution in [1.82, 2.24) is 0 Å². The van der Waals surface area contributed by atoms with Crippen molar-refractivity contribution in [3.05, 3.63) is 29.8 Å². The predicted molar refractivity (Wildman–Crippen MR) is 80.2 cm³/mol. The summed E-state index contributed by atoms with van der Waals surface area (Å²) in [5, 5.41) is 9.76. The summed E-state index contributed by atoms with van der Waals surface area (Å²) in [5.74, 6) is 0.861. The monoisotopic (exact) mass is 278 g/mol. The van der Waals surface area contributed by atoms with Crippen molar-refractivity contribution in [2.45, 2.75) is 64.3 Å². The Morgan fingerprint density at radius 2 is 2.05 bits per heavy atom. The third kappa shape index (κ3) is 3.53. The number of aliphatic hydroxyl groups excluding tert-OH is 1. The SMILES string of the molecule is CCCOC1C(O)CC1Oc1cccc(C(C)(C)C)c1. The van der Waals surface area contributed by atoms with Gasteiger partial charge in [0.25, 0.3) is 0 Å². The molecule has 112 valence electrons. The Bertz CT molecular complexity index is 436. The van der Waals surface area contributed by atoms with Crippen LogP contribution in [0.5, 0.6) is 5.75 Å². The minimum Gasteiger partial charge on any atom is -0.488 e. The lowest BCUT2D eigenvalue weighted by atomic mass is 9.86. The summed E-state index contributed by atoms with van der Waals surface area (Å²) in [6, 6.07) is 8.19. The highest BCUT2D eigenvalue weighted by Crippen LogP contribution is 2.31. The number of rotatable bonds is 5. The quantitative estimate of drug-likeness (QED) is 0.898. The summed E-state index contributed by atoms with van der Waals surface area (Å²) in [4.78, 5) is 0. The molecule has 1 fully saturated rings. The first-order valence-electron chi connectivity index (χ1n) is 7.48. The Morgan fingerprint density at radius 1 is 1.30 bits per heavy atom. The van der Waals surface area contributed by atoms with Crippen molar-refractivity contribution in [2.75, 3.05) is 6.61 Å². The molecule has 0 aliphatic heterocycles. The molecule has 20 heavy (non-hydrogen) atoms. The van der Waals surface area contributed by atoms with Crippen molar-refractivity contribution in [1.29, 1.82) is 0 Å². The average Bonchev–Trinajstić information content (AvgIpc) is 2.38. The standard InChI is InChI=1S/C17H26O3/c1-5-9-19-16-14(18)11-15(16)20-13-8-6-7-12(10-13)17(2,3)4/h6-8,10,14-16,18H,5,9,11H2,1-4H3. The topological polar surface area (TPSA) is 38.7 Å². The Balaban J connectivity index is 2.00. The van der Waals surface area contributed by atoms with Gasteiger partial charge in [0.1, 0.15) is 18.0 Å². The van der Waals surface area contributed by atoms with Gasteiger partial charge in [0.05, 0.1) is 6.10 Å². The van der Waals surface area contributed by atoms with Crippen LogP contribution in [0, 0.1) is 0 Å². The summed E-state index contributed by atoms with van der Waals surface area (Å²) in [6.07, 6.45) is 0.987. The van der Waals surface area contributed by atoms with E-state index in [0.717, 1.165) is 12.2 Å². The zero-order valence-corrected chi connectivity index (χ0v) is 12.9. The lowest BCUT2D eigenvalue weighted by Gasteiger charge is -2.41. The van der Waals surface area contributed by atoms with Gasteiger partial charge in [-0.25, -0.2) is 0 Å². The van der Waals surface area contributed by atoms with Crippen molar-refractivity contribution in [3.63, 3.8) is 0 Å². The second-order valence-corrected chi connectivity index (χ2v) is 6.57. The Morgan fingerprint density at radius 3 is 2.65 bits per heavy atom. The Hall–Kier alpha value is -1.06. The maximum absolute atomic E-state index is 9.76. The Labute approximate surface area is 121 Å². The number of aliphatic hydroxyl groups is 1. The van der Waals surface area contributed by atoms with E-state index < -0.39 is 6.10 Å². The molecule has 1 aliphatic rings. The number of hydrogen-bond acceptors (Lipinski definition) is 3. The van der Waals surface area contributed by atoms with E-state index in [1.807, 2.05) is 12.1 Å².